The second-order valence-electron chi connectivity index (χ2n) is 6.99. The molecular weight excluding hydrogens is 464 g/mol. The van der Waals surface area contributed by atoms with Gasteiger partial charge >= 0.3 is 6.18 Å². The van der Waals surface area contributed by atoms with Crippen molar-refractivity contribution in [1.82, 2.24) is 0 Å². The average molecular weight is 481 g/mol. The molecule has 1 fully saturated rings. The average Bonchev–Trinajstić information content (AvgIpc) is 2.61. The highest BCUT2D eigenvalue weighted by molar-refractivity contribution is 9.10. The van der Waals surface area contributed by atoms with Crippen LogP contribution in [0.5, 0.6) is 0 Å². The van der Waals surface area contributed by atoms with Gasteiger partial charge in [-0.05, 0) is 55.7 Å². The van der Waals surface area contributed by atoms with Crippen molar-refractivity contribution in [3.63, 3.8) is 0 Å². The minimum Gasteiger partial charge on any atom is -0.373 e. The fraction of sp³-hybridized carbons (Fsp3) is 0.368. The molecule has 0 N–H and O–H groups in total. The van der Waals surface area contributed by atoms with Crippen LogP contribution in [-0.2, 0) is 20.8 Å². The Morgan fingerprint density at radius 1 is 1.14 bits per heavy atom. The van der Waals surface area contributed by atoms with E-state index in [9.17, 15) is 26.0 Å². The van der Waals surface area contributed by atoms with Crippen LogP contribution in [-0.4, -0.2) is 19.8 Å². The standard InChI is InChI=1S/C19H17BrF4O3S/c1-18(6-7-27-17(11-18)12-2-4-14(20)5-3-12)28(25,26)16-9-13(19(22,23)24)8-15(21)10-16/h2-5,8-10,17H,6-7,11H2,1H3. The molecule has 0 bridgehead atoms. The van der Waals surface area contributed by atoms with Crippen LogP contribution in [0.25, 0.3) is 0 Å². The molecule has 1 aliphatic heterocycles. The molecule has 1 heterocycles. The van der Waals surface area contributed by atoms with Gasteiger partial charge in [-0.2, -0.15) is 13.2 Å². The van der Waals surface area contributed by atoms with Crippen LogP contribution in [0.4, 0.5) is 17.6 Å². The van der Waals surface area contributed by atoms with Crippen molar-refractivity contribution in [3.05, 3.63) is 63.9 Å². The Hall–Kier alpha value is -1.45. The quantitative estimate of drug-likeness (QED) is 0.529. The Kier molecular flexibility index (Phi) is 5.64. The van der Waals surface area contributed by atoms with Gasteiger partial charge in [0.25, 0.3) is 0 Å². The SMILES string of the molecule is CC1(S(=O)(=O)c2cc(F)cc(C(F)(F)F)c2)CCOC(c2ccc(Br)cc2)C1. The predicted molar refractivity (Wildman–Crippen MR) is 99.1 cm³/mol. The Morgan fingerprint density at radius 3 is 2.39 bits per heavy atom. The van der Waals surface area contributed by atoms with Gasteiger partial charge in [0.05, 0.1) is 21.3 Å². The fourth-order valence-electron chi connectivity index (χ4n) is 3.27. The Morgan fingerprint density at radius 2 is 1.79 bits per heavy atom. The lowest BCUT2D eigenvalue weighted by molar-refractivity contribution is -0.137. The maximum atomic E-state index is 13.8. The molecule has 9 heteroatoms. The molecule has 2 aromatic rings. The minimum absolute atomic E-state index is 0.0504. The summed E-state index contributed by atoms with van der Waals surface area (Å²) in [5.74, 6) is -1.24. The Labute approximate surface area is 168 Å². The smallest absolute Gasteiger partial charge is 0.373 e. The first-order chi connectivity index (χ1) is 12.9. The Balaban J connectivity index is 1.98. The van der Waals surface area contributed by atoms with Crippen molar-refractivity contribution in [2.45, 2.75) is 41.7 Å². The van der Waals surface area contributed by atoms with Crippen molar-refractivity contribution in [3.8, 4) is 0 Å². The van der Waals surface area contributed by atoms with Crippen LogP contribution in [0.1, 0.15) is 37.0 Å². The van der Waals surface area contributed by atoms with Gasteiger partial charge < -0.3 is 4.74 Å². The number of ether oxygens (including phenoxy) is 1. The maximum Gasteiger partial charge on any atom is 0.416 e. The van der Waals surface area contributed by atoms with Gasteiger partial charge in [-0.3, -0.25) is 0 Å². The van der Waals surface area contributed by atoms with E-state index in [0.717, 1.165) is 10.0 Å². The predicted octanol–water partition coefficient (Wildman–Crippen LogP) is 5.69. The third-order valence-electron chi connectivity index (χ3n) is 4.97. The zero-order valence-corrected chi connectivity index (χ0v) is 17.2. The molecule has 3 nitrogen and oxygen atoms in total. The molecule has 0 radical (unpaired) electrons. The summed E-state index contributed by atoms with van der Waals surface area (Å²) in [7, 11) is -4.25. The highest BCUT2D eigenvalue weighted by Gasteiger charge is 2.46. The normalized spacial score (nSPS) is 23.6. The van der Waals surface area contributed by atoms with Gasteiger partial charge in [0.1, 0.15) is 5.82 Å². The van der Waals surface area contributed by atoms with E-state index in [0.29, 0.717) is 12.1 Å². The lowest BCUT2D eigenvalue weighted by Gasteiger charge is -2.38. The van der Waals surface area contributed by atoms with Gasteiger partial charge in [0, 0.05) is 11.1 Å². The van der Waals surface area contributed by atoms with Crippen LogP contribution in [0.3, 0.4) is 0 Å². The molecular formula is C19H17BrF4O3S. The summed E-state index contributed by atoms with van der Waals surface area (Å²) in [6.45, 7) is 1.59. The highest BCUT2D eigenvalue weighted by atomic mass is 79.9. The van der Waals surface area contributed by atoms with Crippen LogP contribution in [0, 0.1) is 5.82 Å². The molecule has 0 amide bonds. The first-order valence-corrected chi connectivity index (χ1v) is 10.7. The van der Waals surface area contributed by atoms with Gasteiger partial charge in [0.2, 0.25) is 0 Å². The summed E-state index contributed by atoms with van der Waals surface area (Å²) in [6, 6.07) is 8.58. The molecule has 1 aliphatic rings. The third kappa shape index (κ3) is 4.11. The molecule has 3 rings (SSSR count). The Bertz CT molecular complexity index is 974. The van der Waals surface area contributed by atoms with Gasteiger partial charge in [-0.1, -0.05) is 28.1 Å². The summed E-state index contributed by atoms with van der Waals surface area (Å²) in [5.41, 5.74) is -0.564. The second-order valence-corrected chi connectivity index (χ2v) is 10.4. The fourth-order valence-corrected chi connectivity index (χ4v) is 5.38. The van der Waals surface area contributed by atoms with Gasteiger partial charge in [0.15, 0.2) is 9.84 Å². The summed E-state index contributed by atoms with van der Waals surface area (Å²) >= 11 is 3.32. The van der Waals surface area contributed by atoms with Crippen molar-refractivity contribution in [1.29, 1.82) is 0 Å². The number of hydrogen-bond acceptors (Lipinski definition) is 3. The summed E-state index contributed by atoms with van der Waals surface area (Å²) in [5, 5.41) is 0. The van der Waals surface area contributed by atoms with Crippen molar-refractivity contribution in [2.24, 2.45) is 0 Å². The van der Waals surface area contributed by atoms with Crippen molar-refractivity contribution < 1.29 is 30.7 Å². The molecule has 2 unspecified atom stereocenters. The van der Waals surface area contributed by atoms with E-state index in [2.05, 4.69) is 15.9 Å². The molecule has 0 spiro atoms. The molecule has 28 heavy (non-hydrogen) atoms. The van der Waals surface area contributed by atoms with Gasteiger partial charge in [-0.25, -0.2) is 12.8 Å². The van der Waals surface area contributed by atoms with Crippen LogP contribution in [0.15, 0.2) is 51.8 Å². The number of sulfone groups is 1. The summed E-state index contributed by atoms with van der Waals surface area (Å²) in [4.78, 5) is -0.668. The van der Waals surface area contributed by atoms with E-state index in [4.69, 9.17) is 4.74 Å². The van der Waals surface area contributed by atoms with E-state index in [1.165, 1.54) is 6.92 Å². The van der Waals surface area contributed by atoms with Gasteiger partial charge in [-0.15, -0.1) is 0 Å². The van der Waals surface area contributed by atoms with E-state index < -0.39 is 43.1 Å². The summed E-state index contributed by atoms with van der Waals surface area (Å²) in [6.07, 6.45) is -5.23. The second kappa shape index (κ2) is 7.42. The molecule has 0 aromatic heterocycles. The zero-order valence-electron chi connectivity index (χ0n) is 14.8. The van der Waals surface area contributed by atoms with Crippen LogP contribution >= 0.6 is 15.9 Å². The summed E-state index contributed by atoms with van der Waals surface area (Å²) < 4.78 is 84.3. The van der Waals surface area contributed by atoms with Crippen LogP contribution < -0.4 is 0 Å². The molecule has 152 valence electrons. The lowest BCUT2D eigenvalue weighted by atomic mass is 9.92. The van der Waals surface area contributed by atoms with E-state index >= 15 is 0 Å². The molecule has 1 saturated heterocycles. The first kappa shape index (κ1) is 21.3. The molecule has 0 aliphatic carbocycles. The number of halogens is 5. The van der Waals surface area contributed by atoms with E-state index in [-0.39, 0.29) is 25.5 Å². The van der Waals surface area contributed by atoms with Crippen molar-refractivity contribution >= 4 is 25.8 Å². The number of hydrogen-bond donors (Lipinski definition) is 0. The number of alkyl halides is 3. The zero-order chi connectivity index (χ0) is 20.7. The maximum absolute atomic E-state index is 13.8. The molecule has 2 aromatic carbocycles. The first-order valence-electron chi connectivity index (χ1n) is 8.42. The monoisotopic (exact) mass is 480 g/mol. The number of rotatable bonds is 3. The lowest BCUT2D eigenvalue weighted by Crippen LogP contribution is -2.42. The molecule has 2 atom stereocenters. The van der Waals surface area contributed by atoms with Crippen molar-refractivity contribution in [2.75, 3.05) is 6.61 Å². The van der Waals surface area contributed by atoms with Crippen LogP contribution in [0.2, 0.25) is 0 Å². The topological polar surface area (TPSA) is 43.4 Å². The van der Waals surface area contributed by atoms with E-state index in [1.54, 1.807) is 24.3 Å². The van der Waals surface area contributed by atoms with E-state index in [1.807, 2.05) is 0 Å². The minimum atomic E-state index is -4.84. The third-order valence-corrected chi connectivity index (χ3v) is 8.02. The number of benzene rings is 2. The molecule has 0 saturated carbocycles. The largest absolute Gasteiger partial charge is 0.416 e. The highest BCUT2D eigenvalue weighted by Crippen LogP contribution is 2.43.